The molecule has 0 atom stereocenters. The minimum atomic E-state index is 0.688. The summed E-state index contributed by atoms with van der Waals surface area (Å²) in [5.41, 5.74) is 1.05. The zero-order valence-corrected chi connectivity index (χ0v) is 10.7. The number of hydrogen-bond acceptors (Lipinski definition) is 3. The molecule has 17 heavy (non-hydrogen) atoms. The van der Waals surface area contributed by atoms with Crippen LogP contribution in [0.3, 0.4) is 0 Å². The van der Waals surface area contributed by atoms with Crippen molar-refractivity contribution >= 4 is 12.2 Å². The Morgan fingerprint density at radius 1 is 1.29 bits per heavy atom. The van der Waals surface area contributed by atoms with E-state index in [9.17, 15) is 0 Å². The molecule has 90 valence electrons. The van der Waals surface area contributed by atoms with E-state index in [-0.39, 0.29) is 0 Å². The summed E-state index contributed by atoms with van der Waals surface area (Å²) < 4.78 is 2.74. The lowest BCUT2D eigenvalue weighted by Gasteiger charge is -2.05. The van der Waals surface area contributed by atoms with Crippen LogP contribution in [-0.4, -0.2) is 19.7 Å². The van der Waals surface area contributed by atoms with Crippen molar-refractivity contribution in [3.05, 3.63) is 29.3 Å². The van der Waals surface area contributed by atoms with E-state index in [0.717, 1.165) is 24.4 Å². The number of pyridine rings is 1. The van der Waals surface area contributed by atoms with Gasteiger partial charge in [-0.25, -0.2) is 0 Å². The number of rotatable bonds is 5. The summed E-state index contributed by atoms with van der Waals surface area (Å²) in [5, 5.41) is 7.14. The lowest BCUT2D eigenvalue weighted by molar-refractivity contribution is 0.600. The fraction of sp³-hybridized carbons (Fsp3) is 0.417. The van der Waals surface area contributed by atoms with Crippen molar-refractivity contribution in [2.45, 2.75) is 32.7 Å². The quantitative estimate of drug-likeness (QED) is 0.653. The first kappa shape index (κ1) is 12.0. The number of nitrogens with zero attached hydrogens (tertiary/aromatic N) is 3. The number of aromatic nitrogens is 4. The van der Waals surface area contributed by atoms with Crippen LogP contribution in [0.5, 0.6) is 0 Å². The fourth-order valence-corrected chi connectivity index (χ4v) is 1.99. The second-order valence-electron chi connectivity index (χ2n) is 3.95. The first-order valence-corrected chi connectivity index (χ1v) is 6.29. The maximum absolute atomic E-state index is 5.25. The third-order valence-electron chi connectivity index (χ3n) is 2.68. The monoisotopic (exact) mass is 248 g/mol. The molecule has 2 rings (SSSR count). The van der Waals surface area contributed by atoms with Gasteiger partial charge >= 0.3 is 0 Å². The Hall–Kier alpha value is -1.49. The smallest absolute Gasteiger partial charge is 0.195 e. The van der Waals surface area contributed by atoms with Crippen molar-refractivity contribution in [2.75, 3.05) is 0 Å². The summed E-state index contributed by atoms with van der Waals surface area (Å²) in [7, 11) is 0. The Morgan fingerprint density at radius 3 is 2.76 bits per heavy atom. The van der Waals surface area contributed by atoms with E-state index in [4.69, 9.17) is 12.2 Å². The summed E-state index contributed by atoms with van der Waals surface area (Å²) >= 11 is 5.25. The Bertz CT molecular complexity index is 515. The molecule has 0 radical (unpaired) electrons. The molecule has 0 aromatic carbocycles. The molecule has 0 saturated carbocycles. The van der Waals surface area contributed by atoms with Crippen molar-refractivity contribution in [1.82, 2.24) is 19.7 Å². The van der Waals surface area contributed by atoms with Crippen LogP contribution in [0.2, 0.25) is 0 Å². The molecule has 1 N–H and O–H groups in total. The molecule has 2 aromatic rings. The Labute approximate surface area is 106 Å². The normalized spacial score (nSPS) is 10.6. The summed E-state index contributed by atoms with van der Waals surface area (Å²) in [6, 6.07) is 3.89. The molecule has 0 aliphatic rings. The first-order chi connectivity index (χ1) is 8.33. The fourth-order valence-electron chi connectivity index (χ4n) is 1.77. The summed E-state index contributed by atoms with van der Waals surface area (Å²) in [5.74, 6) is 0.897. The number of nitrogens with one attached hydrogen (secondary N) is 1. The van der Waals surface area contributed by atoms with Gasteiger partial charge in [0.15, 0.2) is 10.6 Å². The second kappa shape index (κ2) is 5.72. The number of unbranched alkanes of at least 4 members (excludes halogenated alkanes) is 2. The van der Waals surface area contributed by atoms with Gasteiger partial charge in [-0.3, -0.25) is 10.1 Å². The van der Waals surface area contributed by atoms with Crippen molar-refractivity contribution < 1.29 is 0 Å². The topological polar surface area (TPSA) is 46.5 Å². The van der Waals surface area contributed by atoms with Gasteiger partial charge in [-0.05, 0) is 30.8 Å². The molecule has 0 aliphatic heterocycles. The average molecular weight is 248 g/mol. The van der Waals surface area contributed by atoms with Gasteiger partial charge in [0.1, 0.15) is 0 Å². The molecule has 5 heteroatoms. The molecule has 0 spiro atoms. The lowest BCUT2D eigenvalue weighted by Crippen LogP contribution is -2.01. The minimum absolute atomic E-state index is 0.688. The van der Waals surface area contributed by atoms with Gasteiger partial charge in [-0.2, -0.15) is 5.10 Å². The van der Waals surface area contributed by atoms with Crippen LogP contribution in [0.15, 0.2) is 24.5 Å². The summed E-state index contributed by atoms with van der Waals surface area (Å²) in [4.78, 5) is 4.01. The largest absolute Gasteiger partial charge is 0.300 e. The van der Waals surface area contributed by atoms with E-state index in [0.29, 0.717) is 4.77 Å². The standard InChI is InChI=1S/C12H16N4S/c1-2-3-4-9-16-11(14-15-12(16)17)10-5-7-13-8-6-10/h5-8H,2-4,9H2,1H3,(H,15,17). The highest BCUT2D eigenvalue weighted by Crippen LogP contribution is 2.16. The van der Waals surface area contributed by atoms with Crippen molar-refractivity contribution in [3.63, 3.8) is 0 Å². The highest BCUT2D eigenvalue weighted by molar-refractivity contribution is 7.71. The molecule has 0 bridgehead atoms. The highest BCUT2D eigenvalue weighted by atomic mass is 32.1. The van der Waals surface area contributed by atoms with Gasteiger partial charge in [-0.1, -0.05) is 19.8 Å². The van der Waals surface area contributed by atoms with E-state index in [2.05, 4.69) is 26.7 Å². The van der Waals surface area contributed by atoms with Crippen LogP contribution < -0.4 is 0 Å². The summed E-state index contributed by atoms with van der Waals surface area (Å²) in [6.07, 6.45) is 7.08. The van der Waals surface area contributed by atoms with Gasteiger partial charge in [0.25, 0.3) is 0 Å². The van der Waals surface area contributed by atoms with E-state index in [1.165, 1.54) is 12.8 Å². The lowest BCUT2D eigenvalue weighted by atomic mass is 10.2. The van der Waals surface area contributed by atoms with Crippen LogP contribution in [-0.2, 0) is 6.54 Å². The third-order valence-corrected chi connectivity index (χ3v) is 2.99. The second-order valence-corrected chi connectivity index (χ2v) is 4.33. The third kappa shape index (κ3) is 2.79. The van der Waals surface area contributed by atoms with E-state index in [1.54, 1.807) is 12.4 Å². The molecule has 0 amide bonds. The number of hydrogen-bond donors (Lipinski definition) is 1. The maximum Gasteiger partial charge on any atom is 0.195 e. The predicted molar refractivity (Wildman–Crippen MR) is 70.2 cm³/mol. The van der Waals surface area contributed by atoms with Crippen LogP contribution in [0.4, 0.5) is 0 Å². The van der Waals surface area contributed by atoms with E-state index < -0.39 is 0 Å². The Balaban J connectivity index is 2.26. The molecular formula is C12H16N4S. The van der Waals surface area contributed by atoms with Crippen molar-refractivity contribution in [1.29, 1.82) is 0 Å². The maximum atomic E-state index is 5.25. The average Bonchev–Trinajstić information content (AvgIpc) is 2.73. The van der Waals surface area contributed by atoms with Gasteiger partial charge in [0.05, 0.1) is 0 Å². The summed E-state index contributed by atoms with van der Waals surface area (Å²) in [6.45, 7) is 3.11. The molecule has 0 aliphatic carbocycles. The highest BCUT2D eigenvalue weighted by Gasteiger charge is 2.07. The minimum Gasteiger partial charge on any atom is -0.300 e. The van der Waals surface area contributed by atoms with Crippen LogP contribution in [0.1, 0.15) is 26.2 Å². The molecular weight excluding hydrogens is 232 g/mol. The van der Waals surface area contributed by atoms with Gasteiger partial charge in [-0.15, -0.1) is 0 Å². The number of aromatic amines is 1. The molecule has 4 nitrogen and oxygen atoms in total. The van der Waals surface area contributed by atoms with E-state index in [1.807, 2.05) is 12.1 Å². The van der Waals surface area contributed by atoms with Crippen LogP contribution in [0, 0.1) is 4.77 Å². The molecule has 2 heterocycles. The zero-order valence-electron chi connectivity index (χ0n) is 9.89. The number of H-pyrrole nitrogens is 1. The van der Waals surface area contributed by atoms with Crippen molar-refractivity contribution in [3.8, 4) is 11.4 Å². The Morgan fingerprint density at radius 2 is 2.06 bits per heavy atom. The van der Waals surface area contributed by atoms with Crippen molar-refractivity contribution in [2.24, 2.45) is 0 Å². The zero-order chi connectivity index (χ0) is 12.1. The first-order valence-electron chi connectivity index (χ1n) is 5.88. The van der Waals surface area contributed by atoms with Gasteiger partial charge < -0.3 is 4.57 Å². The van der Waals surface area contributed by atoms with Gasteiger partial charge in [0.2, 0.25) is 0 Å². The Kier molecular flexibility index (Phi) is 4.03. The molecule has 0 fully saturated rings. The predicted octanol–water partition coefficient (Wildman–Crippen LogP) is 3.19. The van der Waals surface area contributed by atoms with Gasteiger partial charge in [0, 0.05) is 24.5 Å². The SMILES string of the molecule is CCCCCn1c(-c2ccncc2)n[nH]c1=S. The van der Waals surface area contributed by atoms with E-state index >= 15 is 0 Å². The molecule has 2 aromatic heterocycles. The molecule has 0 saturated heterocycles. The molecule has 0 unspecified atom stereocenters. The van der Waals surface area contributed by atoms with Crippen LogP contribution in [0.25, 0.3) is 11.4 Å². The van der Waals surface area contributed by atoms with Crippen LogP contribution >= 0.6 is 12.2 Å².